The SMILES string of the molecule is CSc1nc(CC2(O)CCc3cccc(Br)c32)c(CO)c(N2CCN(C(=O)O)C(CC#N)C2)n1. The number of nitrogens with zero attached hydrogens (tertiary/aromatic N) is 5. The number of carboxylic acid groups (broad SMARTS) is 1. The molecule has 2 unspecified atom stereocenters. The van der Waals surface area contributed by atoms with Crippen LogP contribution in [0.2, 0.25) is 0 Å². The largest absolute Gasteiger partial charge is 0.465 e. The molecule has 1 fully saturated rings. The molecule has 11 heteroatoms. The number of aromatic nitrogens is 2. The summed E-state index contributed by atoms with van der Waals surface area (Å²) in [6.45, 7) is 0.574. The zero-order valence-corrected chi connectivity index (χ0v) is 21.1. The molecule has 2 aliphatic rings. The summed E-state index contributed by atoms with van der Waals surface area (Å²) in [6, 6.07) is 7.45. The normalized spacial score (nSPS) is 21.9. The molecule has 3 N–H and O–H groups in total. The maximum Gasteiger partial charge on any atom is 0.407 e. The van der Waals surface area contributed by atoms with Crippen molar-refractivity contribution in [2.45, 2.75) is 49.1 Å². The minimum absolute atomic E-state index is 0.0646. The number of aryl methyl sites for hydroxylation is 1. The molecular weight excluding hydrogens is 522 g/mol. The highest BCUT2D eigenvalue weighted by Gasteiger charge is 2.40. The number of aliphatic hydroxyl groups is 2. The fourth-order valence-corrected chi connectivity index (χ4v) is 6.11. The van der Waals surface area contributed by atoms with E-state index >= 15 is 0 Å². The van der Waals surface area contributed by atoms with Crippen LogP contribution in [0, 0.1) is 11.3 Å². The van der Waals surface area contributed by atoms with Crippen LogP contribution in [0.5, 0.6) is 0 Å². The maximum absolute atomic E-state index is 11.7. The predicted octanol–water partition coefficient (Wildman–Crippen LogP) is 2.91. The van der Waals surface area contributed by atoms with Crippen LogP contribution in [0.25, 0.3) is 0 Å². The molecule has 1 aliphatic carbocycles. The zero-order chi connectivity index (χ0) is 24.5. The third-order valence-electron chi connectivity index (χ3n) is 6.58. The number of halogens is 1. The van der Waals surface area contributed by atoms with E-state index in [2.05, 4.69) is 32.0 Å². The van der Waals surface area contributed by atoms with E-state index in [1.165, 1.54) is 16.7 Å². The molecule has 0 saturated carbocycles. The fourth-order valence-electron chi connectivity index (χ4n) is 4.95. The summed E-state index contributed by atoms with van der Waals surface area (Å²) in [5.74, 6) is 0.527. The highest BCUT2D eigenvalue weighted by atomic mass is 79.9. The summed E-state index contributed by atoms with van der Waals surface area (Å²) in [4.78, 5) is 24.1. The number of thioether (sulfide) groups is 1. The van der Waals surface area contributed by atoms with Crippen molar-refractivity contribution in [1.82, 2.24) is 14.9 Å². The van der Waals surface area contributed by atoms with Crippen molar-refractivity contribution >= 4 is 39.6 Å². The van der Waals surface area contributed by atoms with Gasteiger partial charge in [0.1, 0.15) is 5.82 Å². The first-order valence-corrected chi connectivity index (χ1v) is 13.0. The number of hydrogen-bond acceptors (Lipinski definition) is 8. The van der Waals surface area contributed by atoms with E-state index in [0.717, 1.165) is 22.0 Å². The molecule has 2 atom stereocenters. The Kier molecular flexibility index (Phi) is 7.33. The van der Waals surface area contributed by atoms with E-state index < -0.39 is 17.7 Å². The third kappa shape index (κ3) is 4.60. The van der Waals surface area contributed by atoms with E-state index in [-0.39, 0.29) is 32.5 Å². The molecule has 2 aromatic rings. The summed E-state index contributed by atoms with van der Waals surface area (Å²) in [5, 5.41) is 41.2. The van der Waals surface area contributed by atoms with Gasteiger partial charge in [0.15, 0.2) is 5.16 Å². The molecule has 1 aliphatic heterocycles. The van der Waals surface area contributed by atoms with Crippen LogP contribution in [0.3, 0.4) is 0 Å². The van der Waals surface area contributed by atoms with E-state index in [4.69, 9.17) is 0 Å². The summed E-state index contributed by atoms with van der Waals surface area (Å²) < 4.78 is 0.846. The van der Waals surface area contributed by atoms with Crippen molar-refractivity contribution in [3.63, 3.8) is 0 Å². The summed E-state index contributed by atoms with van der Waals surface area (Å²) in [6.07, 6.45) is 2.39. The zero-order valence-electron chi connectivity index (χ0n) is 18.7. The predicted molar refractivity (Wildman–Crippen MR) is 131 cm³/mol. The smallest absolute Gasteiger partial charge is 0.407 e. The van der Waals surface area contributed by atoms with E-state index in [1.807, 2.05) is 29.4 Å². The lowest BCUT2D eigenvalue weighted by Gasteiger charge is -2.40. The van der Waals surface area contributed by atoms with Crippen molar-refractivity contribution in [3.05, 3.63) is 45.1 Å². The third-order valence-corrected chi connectivity index (χ3v) is 7.79. The van der Waals surface area contributed by atoms with Gasteiger partial charge in [-0.25, -0.2) is 14.8 Å². The van der Waals surface area contributed by atoms with Gasteiger partial charge >= 0.3 is 6.09 Å². The Labute approximate surface area is 210 Å². The minimum Gasteiger partial charge on any atom is -0.465 e. The van der Waals surface area contributed by atoms with Gasteiger partial charge in [0.2, 0.25) is 0 Å². The van der Waals surface area contributed by atoms with E-state index in [0.29, 0.717) is 35.2 Å². The lowest BCUT2D eigenvalue weighted by molar-refractivity contribution is 0.0366. The molecule has 1 amide bonds. The summed E-state index contributed by atoms with van der Waals surface area (Å²) in [5.41, 5.74) is 1.90. The van der Waals surface area contributed by atoms with Crippen LogP contribution in [0.1, 0.15) is 35.2 Å². The van der Waals surface area contributed by atoms with Gasteiger partial charge < -0.3 is 25.1 Å². The highest BCUT2D eigenvalue weighted by Crippen LogP contribution is 2.44. The highest BCUT2D eigenvalue weighted by molar-refractivity contribution is 9.10. The van der Waals surface area contributed by atoms with E-state index in [9.17, 15) is 25.4 Å². The molecule has 0 bridgehead atoms. The topological polar surface area (TPSA) is 134 Å². The Morgan fingerprint density at radius 1 is 1.38 bits per heavy atom. The molecule has 0 radical (unpaired) electrons. The van der Waals surface area contributed by atoms with Gasteiger partial charge in [0.05, 0.1) is 36.4 Å². The monoisotopic (exact) mass is 547 g/mol. The number of piperazine rings is 1. The van der Waals surface area contributed by atoms with Gasteiger partial charge in [0.25, 0.3) is 0 Å². The van der Waals surface area contributed by atoms with Gasteiger partial charge in [-0.3, -0.25) is 0 Å². The van der Waals surface area contributed by atoms with Crippen molar-refractivity contribution in [2.75, 3.05) is 30.8 Å². The van der Waals surface area contributed by atoms with Crippen LogP contribution in [0.15, 0.2) is 27.8 Å². The average molecular weight is 548 g/mol. The number of aliphatic hydroxyl groups excluding tert-OH is 1. The van der Waals surface area contributed by atoms with Crippen molar-refractivity contribution < 1.29 is 20.1 Å². The Morgan fingerprint density at radius 2 is 2.18 bits per heavy atom. The fraction of sp³-hybridized carbons (Fsp3) is 0.478. The Morgan fingerprint density at radius 3 is 2.85 bits per heavy atom. The number of fused-ring (bicyclic) bond motifs is 1. The number of benzene rings is 1. The average Bonchev–Trinajstić information content (AvgIpc) is 3.16. The maximum atomic E-state index is 11.7. The second-order valence-electron chi connectivity index (χ2n) is 8.54. The van der Waals surface area contributed by atoms with Gasteiger partial charge in [-0.1, -0.05) is 39.8 Å². The Bertz CT molecular complexity index is 1140. The molecule has 9 nitrogen and oxygen atoms in total. The molecule has 34 heavy (non-hydrogen) atoms. The Hall–Kier alpha value is -2.39. The molecule has 4 rings (SSSR count). The van der Waals surface area contributed by atoms with E-state index in [1.54, 1.807) is 0 Å². The van der Waals surface area contributed by atoms with Gasteiger partial charge in [-0.2, -0.15) is 5.26 Å². The van der Waals surface area contributed by atoms with Crippen molar-refractivity contribution in [3.8, 4) is 6.07 Å². The first-order valence-electron chi connectivity index (χ1n) is 11.0. The van der Waals surface area contributed by atoms with Gasteiger partial charge in [-0.05, 0) is 30.7 Å². The Balaban J connectivity index is 1.72. The molecule has 1 aromatic heterocycles. The number of carbonyl (C=O) groups is 1. The van der Waals surface area contributed by atoms with Crippen LogP contribution < -0.4 is 4.90 Å². The van der Waals surface area contributed by atoms with Crippen molar-refractivity contribution in [2.24, 2.45) is 0 Å². The summed E-state index contributed by atoms with van der Waals surface area (Å²) >= 11 is 4.95. The number of amides is 1. The lowest BCUT2D eigenvalue weighted by atomic mass is 9.89. The number of hydrogen-bond donors (Lipinski definition) is 3. The molecule has 1 aromatic carbocycles. The first-order chi connectivity index (χ1) is 16.3. The molecule has 1 saturated heterocycles. The molecule has 180 valence electrons. The number of anilines is 1. The van der Waals surface area contributed by atoms with Gasteiger partial charge in [-0.15, -0.1) is 0 Å². The van der Waals surface area contributed by atoms with Crippen LogP contribution >= 0.6 is 27.7 Å². The van der Waals surface area contributed by atoms with Crippen LogP contribution in [0.4, 0.5) is 10.6 Å². The molecule has 0 spiro atoms. The van der Waals surface area contributed by atoms with Crippen LogP contribution in [-0.4, -0.2) is 68.2 Å². The standard InChI is InChI=1S/C23H26BrN5O4S/c1-34-21-26-18(11-23(33)7-5-14-3-2-4-17(24)19(14)23)16(13-30)20(27-21)28-9-10-29(22(31)32)15(12-28)6-8-25/h2-4,15,30,33H,5-7,9-13H2,1H3,(H,31,32). The second kappa shape index (κ2) is 10.1. The summed E-state index contributed by atoms with van der Waals surface area (Å²) in [7, 11) is 0. The minimum atomic E-state index is -1.13. The van der Waals surface area contributed by atoms with Gasteiger partial charge in [0, 0.05) is 41.7 Å². The number of nitriles is 1. The lowest BCUT2D eigenvalue weighted by Crippen LogP contribution is -2.55. The number of rotatable bonds is 6. The first kappa shape index (κ1) is 24.7. The quantitative estimate of drug-likeness (QED) is 0.368. The molecule has 2 heterocycles. The molecular formula is C23H26BrN5O4S. The van der Waals surface area contributed by atoms with Crippen molar-refractivity contribution in [1.29, 1.82) is 5.26 Å². The second-order valence-corrected chi connectivity index (χ2v) is 10.2. The van der Waals surface area contributed by atoms with Crippen LogP contribution in [-0.2, 0) is 25.0 Å².